The second-order valence-electron chi connectivity index (χ2n) is 5.73. The molecule has 0 radical (unpaired) electrons. The number of hydrogen-bond acceptors (Lipinski definition) is 2. The van der Waals surface area contributed by atoms with Gasteiger partial charge in [0.15, 0.2) is 0 Å². The van der Waals surface area contributed by atoms with E-state index in [1.54, 1.807) is 6.07 Å². The molecule has 0 N–H and O–H groups in total. The van der Waals surface area contributed by atoms with Crippen LogP contribution in [-0.4, -0.2) is 10.2 Å². The third kappa shape index (κ3) is 3.17. The van der Waals surface area contributed by atoms with Crippen LogP contribution in [-0.2, 0) is 0 Å². The summed E-state index contributed by atoms with van der Waals surface area (Å²) in [4.78, 5) is 0. The highest BCUT2D eigenvalue weighted by Crippen LogP contribution is 2.32. The highest BCUT2D eigenvalue weighted by molar-refractivity contribution is 5.82. The normalized spacial score (nSPS) is 10.6. The summed E-state index contributed by atoms with van der Waals surface area (Å²) in [5, 5.41) is 8.79. The van der Waals surface area contributed by atoms with Crippen LogP contribution < -0.4 is 0 Å². The Kier molecular flexibility index (Phi) is 4.05. The zero-order valence-corrected chi connectivity index (χ0v) is 13.4. The van der Waals surface area contributed by atoms with Crippen molar-refractivity contribution in [2.45, 2.75) is 0 Å². The Morgan fingerprint density at radius 3 is 1.88 bits per heavy atom. The molecule has 1 heterocycles. The van der Waals surface area contributed by atoms with Crippen LogP contribution in [0.15, 0.2) is 91.0 Å². The number of rotatable bonds is 3. The second-order valence-corrected chi connectivity index (χ2v) is 5.73. The Morgan fingerprint density at radius 2 is 1.20 bits per heavy atom. The van der Waals surface area contributed by atoms with Gasteiger partial charge in [-0.15, -0.1) is 10.2 Å². The van der Waals surface area contributed by atoms with Gasteiger partial charge < -0.3 is 0 Å². The molecule has 4 aromatic rings. The van der Waals surface area contributed by atoms with Gasteiger partial charge in [0.1, 0.15) is 11.5 Å². The maximum absolute atomic E-state index is 13.6. The van der Waals surface area contributed by atoms with Crippen molar-refractivity contribution in [1.29, 1.82) is 0 Å². The molecule has 0 aliphatic rings. The van der Waals surface area contributed by atoms with Crippen molar-refractivity contribution in [3.63, 3.8) is 0 Å². The first-order valence-corrected chi connectivity index (χ1v) is 8.06. The van der Waals surface area contributed by atoms with Crippen molar-refractivity contribution in [2.75, 3.05) is 0 Å². The Balaban J connectivity index is 1.92. The molecule has 0 unspecified atom stereocenters. The Morgan fingerprint density at radius 1 is 0.560 bits per heavy atom. The van der Waals surface area contributed by atoms with E-state index in [1.165, 1.54) is 12.1 Å². The van der Waals surface area contributed by atoms with Crippen LogP contribution >= 0.6 is 0 Å². The molecule has 0 aliphatic carbocycles. The lowest BCUT2D eigenvalue weighted by Gasteiger charge is -2.11. The van der Waals surface area contributed by atoms with Gasteiger partial charge in [0, 0.05) is 16.7 Å². The van der Waals surface area contributed by atoms with Crippen molar-refractivity contribution in [3.8, 4) is 33.6 Å². The zero-order valence-electron chi connectivity index (χ0n) is 13.4. The maximum Gasteiger partial charge on any atom is 0.123 e. The first-order chi connectivity index (χ1) is 12.3. The molecule has 120 valence electrons. The summed E-state index contributed by atoms with van der Waals surface area (Å²) < 4.78 is 13.6. The third-order valence-electron chi connectivity index (χ3n) is 4.05. The molecule has 25 heavy (non-hydrogen) atoms. The molecule has 1 aromatic heterocycles. The summed E-state index contributed by atoms with van der Waals surface area (Å²) >= 11 is 0. The number of benzene rings is 3. The summed E-state index contributed by atoms with van der Waals surface area (Å²) in [7, 11) is 0. The topological polar surface area (TPSA) is 25.8 Å². The van der Waals surface area contributed by atoms with Crippen molar-refractivity contribution >= 4 is 0 Å². The van der Waals surface area contributed by atoms with Gasteiger partial charge in [-0.25, -0.2) is 4.39 Å². The number of hydrogen-bond donors (Lipinski definition) is 0. The highest BCUT2D eigenvalue weighted by Gasteiger charge is 2.12. The summed E-state index contributed by atoms with van der Waals surface area (Å²) in [6.07, 6.45) is 0. The van der Waals surface area contributed by atoms with Gasteiger partial charge in [0.05, 0.1) is 5.69 Å². The molecule has 0 aliphatic heterocycles. The third-order valence-corrected chi connectivity index (χ3v) is 4.05. The fourth-order valence-electron chi connectivity index (χ4n) is 2.83. The van der Waals surface area contributed by atoms with E-state index < -0.39 is 0 Å². The molecule has 0 amide bonds. The molecule has 2 nitrogen and oxygen atoms in total. The molecular weight excluding hydrogens is 311 g/mol. The molecule has 3 aromatic carbocycles. The van der Waals surface area contributed by atoms with Gasteiger partial charge in [-0.2, -0.15) is 0 Å². The van der Waals surface area contributed by atoms with E-state index in [1.807, 2.05) is 72.8 Å². The van der Waals surface area contributed by atoms with E-state index in [0.29, 0.717) is 11.3 Å². The largest absolute Gasteiger partial charge is 0.207 e. The van der Waals surface area contributed by atoms with Crippen LogP contribution in [0, 0.1) is 5.82 Å². The van der Waals surface area contributed by atoms with Crippen molar-refractivity contribution in [3.05, 3.63) is 96.8 Å². The lowest BCUT2D eigenvalue weighted by atomic mass is 9.98. The molecule has 0 saturated heterocycles. The first-order valence-electron chi connectivity index (χ1n) is 8.06. The highest BCUT2D eigenvalue weighted by atomic mass is 19.1. The lowest BCUT2D eigenvalue weighted by molar-refractivity contribution is 0.628. The van der Waals surface area contributed by atoms with Crippen LogP contribution in [0.4, 0.5) is 4.39 Å². The lowest BCUT2D eigenvalue weighted by Crippen LogP contribution is -1.95. The minimum Gasteiger partial charge on any atom is -0.207 e. The van der Waals surface area contributed by atoms with E-state index in [0.717, 1.165) is 22.4 Å². The SMILES string of the molecule is Fc1cccc(-c2cc(-c3ccccc3)c(-c3ccccc3)nn2)c1. The Bertz CT molecular complexity index is 999. The molecule has 4 rings (SSSR count). The van der Waals surface area contributed by atoms with Crippen LogP contribution in [0.3, 0.4) is 0 Å². The average Bonchev–Trinajstić information content (AvgIpc) is 2.69. The van der Waals surface area contributed by atoms with E-state index >= 15 is 0 Å². The van der Waals surface area contributed by atoms with Gasteiger partial charge in [-0.1, -0.05) is 72.8 Å². The smallest absolute Gasteiger partial charge is 0.123 e. The second kappa shape index (κ2) is 6.65. The van der Waals surface area contributed by atoms with Crippen molar-refractivity contribution in [1.82, 2.24) is 10.2 Å². The Hall–Kier alpha value is -3.33. The van der Waals surface area contributed by atoms with Gasteiger partial charge in [-0.3, -0.25) is 0 Å². The summed E-state index contributed by atoms with van der Waals surface area (Å²) in [6.45, 7) is 0. The number of halogens is 1. The van der Waals surface area contributed by atoms with Gasteiger partial charge in [0.25, 0.3) is 0 Å². The van der Waals surface area contributed by atoms with Gasteiger partial charge >= 0.3 is 0 Å². The average molecular weight is 326 g/mol. The van der Waals surface area contributed by atoms with Crippen molar-refractivity contribution < 1.29 is 4.39 Å². The maximum atomic E-state index is 13.6. The molecule has 0 spiro atoms. The first kappa shape index (κ1) is 15.2. The fraction of sp³-hybridized carbons (Fsp3) is 0. The van der Waals surface area contributed by atoms with E-state index in [2.05, 4.69) is 10.2 Å². The Labute approximate surface area is 145 Å². The molecule has 3 heteroatoms. The minimum absolute atomic E-state index is 0.285. The van der Waals surface area contributed by atoms with Crippen LogP contribution in [0.5, 0.6) is 0 Å². The van der Waals surface area contributed by atoms with Gasteiger partial charge in [0.2, 0.25) is 0 Å². The summed E-state index contributed by atoms with van der Waals surface area (Å²) in [5.74, 6) is -0.285. The quantitative estimate of drug-likeness (QED) is 0.488. The summed E-state index contributed by atoms with van der Waals surface area (Å²) in [5.41, 5.74) is 5.20. The molecule has 0 atom stereocenters. The van der Waals surface area contributed by atoms with E-state index in [-0.39, 0.29) is 5.82 Å². The van der Waals surface area contributed by atoms with E-state index in [4.69, 9.17) is 0 Å². The fourth-order valence-corrected chi connectivity index (χ4v) is 2.83. The van der Waals surface area contributed by atoms with Crippen LogP contribution in [0.25, 0.3) is 33.6 Å². The van der Waals surface area contributed by atoms with Gasteiger partial charge in [-0.05, 0) is 23.8 Å². The van der Waals surface area contributed by atoms with Crippen LogP contribution in [0.1, 0.15) is 0 Å². The zero-order chi connectivity index (χ0) is 17.1. The molecular formula is C22H15FN2. The monoisotopic (exact) mass is 326 g/mol. The molecule has 0 fully saturated rings. The molecule has 0 saturated carbocycles. The van der Waals surface area contributed by atoms with E-state index in [9.17, 15) is 4.39 Å². The van der Waals surface area contributed by atoms with Crippen molar-refractivity contribution in [2.24, 2.45) is 0 Å². The minimum atomic E-state index is -0.285. The predicted molar refractivity (Wildman–Crippen MR) is 98.3 cm³/mol. The summed E-state index contributed by atoms with van der Waals surface area (Å²) in [6, 6.07) is 28.4. The standard InChI is InChI=1S/C22H15FN2/c23-19-13-7-12-18(14-19)21-15-20(16-8-3-1-4-9-16)22(25-24-21)17-10-5-2-6-11-17/h1-15H. The number of nitrogens with zero attached hydrogens (tertiary/aromatic N) is 2. The van der Waals surface area contributed by atoms with Crippen LogP contribution in [0.2, 0.25) is 0 Å². The number of aromatic nitrogens is 2. The predicted octanol–water partition coefficient (Wildman–Crippen LogP) is 5.62. The molecule has 0 bridgehead atoms.